The topological polar surface area (TPSA) is 87.0 Å². The molecule has 0 saturated carbocycles. The molecule has 0 heterocycles. The van der Waals surface area contributed by atoms with Gasteiger partial charge in [-0.15, -0.1) is 0 Å². The molecule has 0 radical (unpaired) electrons. The van der Waals surface area contributed by atoms with Crippen LogP contribution in [-0.2, 0) is 9.53 Å². The van der Waals surface area contributed by atoms with Gasteiger partial charge in [0.15, 0.2) is 17.7 Å². The van der Waals surface area contributed by atoms with Crippen molar-refractivity contribution in [1.29, 1.82) is 0 Å². The van der Waals surface area contributed by atoms with Crippen LogP contribution in [0.5, 0.6) is 5.75 Å². The lowest BCUT2D eigenvalue weighted by atomic mass is 10.0. The first-order valence-electron chi connectivity index (χ1n) is 4.98. The van der Waals surface area contributed by atoms with Crippen molar-refractivity contribution < 1.29 is 29.2 Å². The van der Waals surface area contributed by atoms with Crippen molar-refractivity contribution in [3.8, 4) is 5.75 Å². The lowest BCUT2D eigenvalue weighted by Gasteiger charge is -2.16. The molecule has 3 N–H and O–H groups in total. The number of carbonyl (C=O) groups is 1. The van der Waals surface area contributed by atoms with Gasteiger partial charge in [-0.1, -0.05) is 6.07 Å². The number of halogens is 1. The van der Waals surface area contributed by atoms with Crippen LogP contribution >= 0.6 is 0 Å². The Kier molecular flexibility index (Phi) is 4.42. The third kappa shape index (κ3) is 3.15. The summed E-state index contributed by atoms with van der Waals surface area (Å²) in [5.74, 6) is -2.51. The van der Waals surface area contributed by atoms with Crippen molar-refractivity contribution in [2.75, 3.05) is 6.61 Å². The van der Waals surface area contributed by atoms with E-state index in [9.17, 15) is 19.4 Å². The summed E-state index contributed by atoms with van der Waals surface area (Å²) in [6.45, 7) is 1.62. The minimum Gasteiger partial charge on any atom is -0.505 e. The highest BCUT2D eigenvalue weighted by atomic mass is 19.1. The molecule has 1 aromatic carbocycles. The first kappa shape index (κ1) is 13.4. The number of carbonyl (C=O) groups excluding carboxylic acids is 1. The van der Waals surface area contributed by atoms with E-state index in [1.54, 1.807) is 6.92 Å². The fraction of sp³-hybridized carbons (Fsp3) is 0.364. The molecule has 0 aliphatic carbocycles. The number of aliphatic hydroxyl groups is 2. The molecule has 2 unspecified atom stereocenters. The van der Waals surface area contributed by atoms with Gasteiger partial charge in [0.05, 0.1) is 6.61 Å². The number of phenolic OH excluding ortho intramolecular Hbond substituents is 1. The summed E-state index contributed by atoms with van der Waals surface area (Å²) < 4.78 is 17.3. The van der Waals surface area contributed by atoms with Crippen LogP contribution in [-0.4, -0.2) is 34.0 Å². The van der Waals surface area contributed by atoms with Crippen LogP contribution in [0.4, 0.5) is 4.39 Å². The number of rotatable bonds is 4. The van der Waals surface area contributed by atoms with Crippen LogP contribution in [0.2, 0.25) is 0 Å². The van der Waals surface area contributed by atoms with Gasteiger partial charge in [-0.2, -0.15) is 0 Å². The molecule has 0 saturated heterocycles. The van der Waals surface area contributed by atoms with Gasteiger partial charge in [-0.05, 0) is 24.6 Å². The lowest BCUT2D eigenvalue weighted by Crippen LogP contribution is -2.29. The van der Waals surface area contributed by atoms with Crippen molar-refractivity contribution in [2.45, 2.75) is 19.1 Å². The molecule has 2 atom stereocenters. The van der Waals surface area contributed by atoms with E-state index in [1.807, 2.05) is 0 Å². The zero-order chi connectivity index (χ0) is 13.0. The van der Waals surface area contributed by atoms with Gasteiger partial charge in [0.25, 0.3) is 0 Å². The summed E-state index contributed by atoms with van der Waals surface area (Å²) in [7, 11) is 0. The monoisotopic (exact) mass is 244 g/mol. The van der Waals surface area contributed by atoms with Crippen LogP contribution in [0.15, 0.2) is 18.2 Å². The number of hydrogen-bond acceptors (Lipinski definition) is 5. The Hall–Kier alpha value is -1.66. The van der Waals surface area contributed by atoms with E-state index in [4.69, 9.17) is 5.11 Å². The summed E-state index contributed by atoms with van der Waals surface area (Å²) in [6, 6.07) is 3.01. The van der Waals surface area contributed by atoms with Crippen molar-refractivity contribution in [1.82, 2.24) is 0 Å². The van der Waals surface area contributed by atoms with Gasteiger partial charge in [0, 0.05) is 0 Å². The van der Waals surface area contributed by atoms with Crippen LogP contribution in [0.25, 0.3) is 0 Å². The van der Waals surface area contributed by atoms with E-state index in [-0.39, 0.29) is 12.2 Å². The van der Waals surface area contributed by atoms with E-state index >= 15 is 0 Å². The maximum Gasteiger partial charge on any atom is 0.338 e. The number of ether oxygens (including phenoxy) is 1. The van der Waals surface area contributed by atoms with E-state index in [1.165, 1.54) is 0 Å². The van der Waals surface area contributed by atoms with Gasteiger partial charge < -0.3 is 20.1 Å². The number of hydrogen-bond donors (Lipinski definition) is 3. The molecule has 17 heavy (non-hydrogen) atoms. The SMILES string of the molecule is CCOC(=O)C(O)C(O)c1ccc(F)c(O)c1. The second-order valence-electron chi connectivity index (χ2n) is 3.35. The largest absolute Gasteiger partial charge is 0.505 e. The highest BCUT2D eigenvalue weighted by Gasteiger charge is 2.27. The highest BCUT2D eigenvalue weighted by Crippen LogP contribution is 2.24. The molecule has 5 nitrogen and oxygen atoms in total. The smallest absolute Gasteiger partial charge is 0.338 e. The number of aliphatic hydroxyl groups excluding tert-OH is 2. The van der Waals surface area contributed by atoms with Gasteiger partial charge in [-0.3, -0.25) is 0 Å². The lowest BCUT2D eigenvalue weighted by molar-refractivity contribution is -0.159. The molecule has 0 bridgehead atoms. The molecule has 0 fully saturated rings. The van der Waals surface area contributed by atoms with Crippen molar-refractivity contribution in [3.63, 3.8) is 0 Å². The molecular weight excluding hydrogens is 231 g/mol. The fourth-order valence-electron chi connectivity index (χ4n) is 1.25. The van der Waals surface area contributed by atoms with Gasteiger partial charge in [0.1, 0.15) is 6.10 Å². The number of aromatic hydroxyl groups is 1. The summed E-state index contributed by atoms with van der Waals surface area (Å²) in [5.41, 5.74) is 0.0180. The van der Waals surface area contributed by atoms with Gasteiger partial charge >= 0.3 is 5.97 Å². The van der Waals surface area contributed by atoms with Crippen LogP contribution < -0.4 is 0 Å². The van der Waals surface area contributed by atoms with Crippen molar-refractivity contribution in [2.24, 2.45) is 0 Å². The Balaban J connectivity index is 2.84. The predicted molar refractivity (Wildman–Crippen MR) is 55.7 cm³/mol. The summed E-state index contributed by atoms with van der Waals surface area (Å²) in [5, 5.41) is 28.1. The van der Waals surface area contributed by atoms with Crippen molar-refractivity contribution in [3.05, 3.63) is 29.6 Å². The maximum atomic E-state index is 12.8. The third-order valence-corrected chi connectivity index (χ3v) is 2.14. The average Bonchev–Trinajstić information content (AvgIpc) is 2.31. The summed E-state index contributed by atoms with van der Waals surface area (Å²) >= 11 is 0. The Morgan fingerprint density at radius 1 is 1.47 bits per heavy atom. The van der Waals surface area contributed by atoms with Crippen LogP contribution in [0.1, 0.15) is 18.6 Å². The second kappa shape index (κ2) is 5.60. The molecule has 1 aromatic rings. The first-order chi connectivity index (χ1) is 7.97. The Bertz CT molecular complexity index is 407. The van der Waals surface area contributed by atoms with Gasteiger partial charge in [0.2, 0.25) is 0 Å². The van der Waals surface area contributed by atoms with E-state index in [0.29, 0.717) is 0 Å². The number of esters is 1. The Labute approximate surface area is 97.1 Å². The van der Waals surface area contributed by atoms with Crippen LogP contribution in [0.3, 0.4) is 0 Å². The summed E-state index contributed by atoms with van der Waals surface area (Å²) in [6.07, 6.45) is -3.36. The molecule has 94 valence electrons. The summed E-state index contributed by atoms with van der Waals surface area (Å²) in [4.78, 5) is 11.1. The number of phenols is 1. The molecule has 0 aromatic heterocycles. The molecular formula is C11H13FO5. The zero-order valence-electron chi connectivity index (χ0n) is 9.13. The minimum absolute atomic E-state index is 0.0180. The molecule has 1 rings (SSSR count). The minimum atomic E-state index is -1.78. The Morgan fingerprint density at radius 3 is 2.65 bits per heavy atom. The third-order valence-electron chi connectivity index (χ3n) is 2.14. The van der Waals surface area contributed by atoms with Crippen molar-refractivity contribution >= 4 is 5.97 Å². The molecule has 0 spiro atoms. The van der Waals surface area contributed by atoms with E-state index in [2.05, 4.69) is 4.74 Å². The first-order valence-corrected chi connectivity index (χ1v) is 4.98. The standard InChI is InChI=1S/C11H13FO5/c1-2-17-11(16)10(15)9(14)6-3-4-7(12)8(13)5-6/h3-5,9-10,13-15H,2H2,1H3. The van der Waals surface area contributed by atoms with Gasteiger partial charge in [-0.25, -0.2) is 9.18 Å². The molecule has 0 aliphatic rings. The van der Waals surface area contributed by atoms with E-state index < -0.39 is 29.7 Å². The number of benzene rings is 1. The van der Waals surface area contributed by atoms with Crippen LogP contribution in [0, 0.1) is 5.82 Å². The fourth-order valence-corrected chi connectivity index (χ4v) is 1.25. The molecule has 0 aliphatic heterocycles. The molecule has 6 heteroatoms. The average molecular weight is 244 g/mol. The predicted octanol–water partition coefficient (Wildman–Crippen LogP) is 0.489. The Morgan fingerprint density at radius 2 is 2.12 bits per heavy atom. The normalized spacial score (nSPS) is 14.1. The zero-order valence-corrected chi connectivity index (χ0v) is 9.13. The quantitative estimate of drug-likeness (QED) is 0.671. The maximum absolute atomic E-state index is 12.8. The molecule has 0 amide bonds. The second-order valence-corrected chi connectivity index (χ2v) is 3.35. The highest BCUT2D eigenvalue weighted by molar-refractivity contribution is 5.75. The van der Waals surface area contributed by atoms with E-state index in [0.717, 1.165) is 18.2 Å².